The van der Waals surface area contributed by atoms with Crippen LogP contribution in [0.3, 0.4) is 0 Å². The summed E-state index contributed by atoms with van der Waals surface area (Å²) in [6.07, 6.45) is -4.60. The lowest BCUT2D eigenvalue weighted by Crippen LogP contribution is -2.33. The quantitative estimate of drug-likeness (QED) is 0.368. The molecule has 1 unspecified atom stereocenters. The molecule has 1 rings (SSSR count). The Hall–Kier alpha value is -2.59. The van der Waals surface area contributed by atoms with E-state index < -0.39 is 28.5 Å². The van der Waals surface area contributed by atoms with Crippen molar-refractivity contribution in [1.29, 1.82) is 0 Å². The molecule has 0 saturated carbocycles. The summed E-state index contributed by atoms with van der Waals surface area (Å²) < 4.78 is 42.6. The van der Waals surface area contributed by atoms with Crippen LogP contribution in [0.15, 0.2) is 17.2 Å². The maximum absolute atomic E-state index is 12.7. The summed E-state index contributed by atoms with van der Waals surface area (Å²) in [4.78, 5) is 13.5. The summed E-state index contributed by atoms with van der Waals surface area (Å²) in [6.45, 7) is 1.18. The molecule has 0 aliphatic heterocycles. The maximum Gasteiger partial charge on any atom is 0.416 e. The maximum atomic E-state index is 12.7. The first-order chi connectivity index (χ1) is 9.65. The molecular weight excluding hydrogens is 295 g/mol. The van der Waals surface area contributed by atoms with Crippen molar-refractivity contribution in [3.05, 3.63) is 27.8 Å². The van der Waals surface area contributed by atoms with Crippen LogP contribution >= 0.6 is 0 Å². The number of nitro groups is 1. The molecule has 11 heteroatoms. The number of aromatic nitrogens is 1. The van der Waals surface area contributed by atoms with Crippen molar-refractivity contribution in [2.45, 2.75) is 19.1 Å². The smallest absolute Gasteiger partial charge is 0.416 e. The number of anilines is 1. The summed E-state index contributed by atoms with van der Waals surface area (Å²) in [7, 11) is 1.15. The molecular formula is C10H12F3N5O3. The van der Waals surface area contributed by atoms with Gasteiger partial charge in [0.1, 0.15) is 0 Å². The number of pyridine rings is 1. The number of halogens is 3. The standard InChI is InChI=1S/C10H12F3N5O3/c1-5(18(19)20)9(14)17-16-7-3-6(10(11,12)13)4-8(15-7)21-2/h3-5H,1-2H3,(H2,14,17)(H,15,16). The van der Waals surface area contributed by atoms with Crippen molar-refractivity contribution in [1.82, 2.24) is 4.98 Å². The van der Waals surface area contributed by atoms with Crippen LogP contribution in [0, 0.1) is 10.1 Å². The van der Waals surface area contributed by atoms with E-state index in [0.29, 0.717) is 12.1 Å². The monoisotopic (exact) mass is 307 g/mol. The number of nitrogens with two attached hydrogens (primary N) is 1. The van der Waals surface area contributed by atoms with E-state index in [1.807, 2.05) is 0 Å². The van der Waals surface area contributed by atoms with Crippen LogP contribution in [0.25, 0.3) is 0 Å². The van der Waals surface area contributed by atoms with Gasteiger partial charge in [0.05, 0.1) is 12.7 Å². The van der Waals surface area contributed by atoms with Crippen LogP contribution in [0.1, 0.15) is 12.5 Å². The number of ether oxygens (including phenoxy) is 1. The molecule has 3 N–H and O–H groups in total. The Bertz CT molecular complexity index is 561. The van der Waals surface area contributed by atoms with Crippen molar-refractivity contribution in [3.8, 4) is 5.88 Å². The summed E-state index contributed by atoms with van der Waals surface area (Å²) in [6, 6.07) is 0.0961. The SMILES string of the molecule is COc1cc(C(F)(F)F)cc(NN=C(N)C(C)[N+](=O)[O-])n1. The number of hydrazone groups is 1. The third-order valence-electron chi connectivity index (χ3n) is 2.38. The molecule has 1 aromatic rings. The Kier molecular flexibility index (Phi) is 4.89. The summed E-state index contributed by atoms with van der Waals surface area (Å²) in [5, 5.41) is 13.9. The van der Waals surface area contributed by atoms with Crippen molar-refractivity contribution in [2.75, 3.05) is 12.5 Å². The number of rotatable bonds is 5. The van der Waals surface area contributed by atoms with Gasteiger partial charge in [-0.2, -0.15) is 23.3 Å². The van der Waals surface area contributed by atoms with Gasteiger partial charge < -0.3 is 10.5 Å². The number of methoxy groups -OCH3 is 1. The predicted octanol–water partition coefficient (Wildman–Crippen LogP) is 1.46. The Morgan fingerprint density at radius 2 is 2.19 bits per heavy atom. The van der Waals surface area contributed by atoms with Gasteiger partial charge in [-0.15, -0.1) is 0 Å². The van der Waals surface area contributed by atoms with Crippen molar-refractivity contribution in [2.24, 2.45) is 10.8 Å². The molecule has 0 aliphatic carbocycles. The molecule has 0 aliphatic rings. The first kappa shape index (κ1) is 16.5. The second kappa shape index (κ2) is 6.24. The van der Waals surface area contributed by atoms with Crippen LogP contribution in [0.2, 0.25) is 0 Å². The van der Waals surface area contributed by atoms with Crippen LogP contribution in [0.5, 0.6) is 5.88 Å². The highest BCUT2D eigenvalue weighted by molar-refractivity contribution is 5.84. The largest absolute Gasteiger partial charge is 0.481 e. The molecule has 21 heavy (non-hydrogen) atoms. The van der Waals surface area contributed by atoms with Gasteiger partial charge in [-0.05, 0) is 6.07 Å². The van der Waals surface area contributed by atoms with Crippen LogP contribution in [0.4, 0.5) is 19.0 Å². The first-order valence-corrected chi connectivity index (χ1v) is 5.51. The topological polar surface area (TPSA) is 116 Å². The molecule has 0 fully saturated rings. The molecule has 116 valence electrons. The van der Waals surface area contributed by atoms with E-state index >= 15 is 0 Å². The zero-order valence-corrected chi connectivity index (χ0v) is 11.0. The number of nitrogens with zero attached hydrogens (tertiary/aromatic N) is 3. The van der Waals surface area contributed by atoms with Gasteiger partial charge in [0.2, 0.25) is 5.88 Å². The summed E-state index contributed by atoms with van der Waals surface area (Å²) in [5.74, 6) is -0.998. The van der Waals surface area contributed by atoms with E-state index in [1.165, 1.54) is 6.92 Å². The molecule has 0 aromatic carbocycles. The van der Waals surface area contributed by atoms with Crippen molar-refractivity contribution < 1.29 is 22.8 Å². The second-order valence-corrected chi connectivity index (χ2v) is 3.89. The fourth-order valence-electron chi connectivity index (χ4n) is 1.15. The fourth-order valence-corrected chi connectivity index (χ4v) is 1.15. The van der Waals surface area contributed by atoms with Crippen molar-refractivity contribution in [3.63, 3.8) is 0 Å². The van der Waals surface area contributed by atoms with E-state index in [2.05, 4.69) is 20.2 Å². The fraction of sp³-hybridized carbons (Fsp3) is 0.400. The number of hydrogen-bond donors (Lipinski definition) is 2. The zero-order chi connectivity index (χ0) is 16.2. The molecule has 0 amide bonds. The average Bonchev–Trinajstić information content (AvgIpc) is 2.42. The summed E-state index contributed by atoms with van der Waals surface area (Å²) >= 11 is 0. The summed E-state index contributed by atoms with van der Waals surface area (Å²) in [5.41, 5.74) is 6.45. The average molecular weight is 307 g/mol. The Labute approximate surface area is 116 Å². The minimum atomic E-state index is -4.60. The molecule has 0 radical (unpaired) electrons. The minimum absolute atomic E-state index is 0.288. The Morgan fingerprint density at radius 3 is 2.67 bits per heavy atom. The van der Waals surface area contributed by atoms with E-state index in [4.69, 9.17) is 5.73 Å². The lowest BCUT2D eigenvalue weighted by atomic mass is 10.2. The van der Waals surface area contributed by atoms with Gasteiger partial charge >= 0.3 is 6.18 Å². The molecule has 0 saturated heterocycles. The van der Waals surface area contributed by atoms with Gasteiger partial charge in [0.15, 0.2) is 11.7 Å². The molecule has 1 heterocycles. The van der Waals surface area contributed by atoms with Crippen LogP contribution < -0.4 is 15.9 Å². The molecule has 1 atom stereocenters. The molecule has 0 spiro atoms. The van der Waals surface area contributed by atoms with Crippen molar-refractivity contribution >= 4 is 11.7 Å². The lowest BCUT2D eigenvalue weighted by molar-refractivity contribution is -0.498. The zero-order valence-electron chi connectivity index (χ0n) is 11.0. The van der Waals surface area contributed by atoms with Gasteiger partial charge in [-0.3, -0.25) is 15.5 Å². The highest BCUT2D eigenvalue weighted by Crippen LogP contribution is 2.32. The molecule has 0 bridgehead atoms. The number of hydrogen-bond acceptors (Lipinski definition) is 6. The molecule has 8 nitrogen and oxygen atoms in total. The van der Waals surface area contributed by atoms with Crippen LogP contribution in [-0.2, 0) is 6.18 Å². The van der Waals surface area contributed by atoms with Gasteiger partial charge in [-0.25, -0.2) is 0 Å². The predicted molar refractivity (Wildman–Crippen MR) is 67.5 cm³/mol. The van der Waals surface area contributed by atoms with E-state index in [0.717, 1.165) is 7.11 Å². The highest BCUT2D eigenvalue weighted by atomic mass is 19.4. The third-order valence-corrected chi connectivity index (χ3v) is 2.38. The van der Waals surface area contributed by atoms with Crippen LogP contribution in [-0.4, -0.2) is 28.9 Å². The van der Waals surface area contributed by atoms with E-state index in [9.17, 15) is 23.3 Å². The van der Waals surface area contributed by atoms with E-state index in [-0.39, 0.29) is 11.7 Å². The normalized spacial score (nSPS) is 13.7. The van der Waals surface area contributed by atoms with Gasteiger partial charge in [-0.1, -0.05) is 0 Å². The number of nitrogens with one attached hydrogen (secondary N) is 1. The number of alkyl halides is 3. The second-order valence-electron chi connectivity index (χ2n) is 3.89. The van der Waals surface area contributed by atoms with Gasteiger partial charge in [0, 0.05) is 17.9 Å². The Morgan fingerprint density at radius 1 is 1.57 bits per heavy atom. The highest BCUT2D eigenvalue weighted by Gasteiger charge is 2.32. The first-order valence-electron chi connectivity index (χ1n) is 5.51. The third kappa shape index (κ3) is 4.47. The Balaban J connectivity index is 3.03. The number of amidine groups is 1. The molecule has 1 aromatic heterocycles. The van der Waals surface area contributed by atoms with Gasteiger partial charge in [0.25, 0.3) is 6.04 Å². The lowest BCUT2D eigenvalue weighted by Gasteiger charge is -2.10. The minimum Gasteiger partial charge on any atom is -0.481 e. The van der Waals surface area contributed by atoms with E-state index in [1.54, 1.807) is 0 Å².